The summed E-state index contributed by atoms with van der Waals surface area (Å²) in [7, 11) is 0. The predicted molar refractivity (Wildman–Crippen MR) is 154 cm³/mol. The number of halogens is 2. The molecule has 0 saturated carbocycles. The number of nitrogens with zero attached hydrogens (tertiary/aromatic N) is 3. The number of carboxylic acids is 1. The molecule has 1 aromatic heterocycles. The lowest BCUT2D eigenvalue weighted by molar-refractivity contribution is -0.146. The van der Waals surface area contributed by atoms with Gasteiger partial charge in [0.15, 0.2) is 0 Å². The van der Waals surface area contributed by atoms with E-state index in [9.17, 15) is 24.3 Å². The first-order valence-electron chi connectivity index (χ1n) is 13.6. The van der Waals surface area contributed by atoms with Crippen LogP contribution >= 0.6 is 23.2 Å². The van der Waals surface area contributed by atoms with Crippen molar-refractivity contribution in [3.8, 4) is 0 Å². The van der Waals surface area contributed by atoms with Crippen LogP contribution < -0.4 is 5.32 Å². The van der Waals surface area contributed by atoms with E-state index in [-0.39, 0.29) is 31.3 Å². The molecule has 0 spiro atoms. The maximum Gasteiger partial charge on any atom is 0.322 e. The summed E-state index contributed by atoms with van der Waals surface area (Å²) >= 11 is 12.2. The minimum absolute atomic E-state index is 0.146. The molecule has 2 fully saturated rings. The Kier molecular flexibility index (Phi) is 7.29. The molecule has 214 valence electrons. The highest BCUT2D eigenvalue weighted by molar-refractivity contribution is 6.42. The van der Waals surface area contributed by atoms with Crippen LogP contribution in [0.3, 0.4) is 0 Å². The van der Waals surface area contributed by atoms with Crippen LogP contribution in [0.15, 0.2) is 42.5 Å². The molecule has 2 aromatic carbocycles. The van der Waals surface area contributed by atoms with Crippen molar-refractivity contribution >= 4 is 63.6 Å². The van der Waals surface area contributed by atoms with Crippen LogP contribution in [0.4, 0.5) is 10.5 Å². The summed E-state index contributed by atoms with van der Waals surface area (Å²) in [6, 6.07) is 10.6. The fourth-order valence-corrected chi connectivity index (χ4v) is 6.56. The quantitative estimate of drug-likeness (QED) is 0.412. The van der Waals surface area contributed by atoms with Gasteiger partial charge in [0.05, 0.1) is 22.5 Å². The third-order valence-electron chi connectivity index (χ3n) is 8.39. The van der Waals surface area contributed by atoms with E-state index in [1.54, 1.807) is 28.0 Å². The van der Waals surface area contributed by atoms with Gasteiger partial charge in [-0.3, -0.25) is 14.4 Å². The van der Waals surface area contributed by atoms with Crippen LogP contribution in [0.1, 0.15) is 30.5 Å². The number of fused-ring (bicyclic) bond motifs is 3. The number of hydrogen-bond acceptors (Lipinski definition) is 4. The summed E-state index contributed by atoms with van der Waals surface area (Å²) in [6.45, 7) is 1.07. The molecule has 2 saturated heterocycles. The number of carboxylic acid groups (broad SMARTS) is 1. The van der Waals surface area contributed by atoms with Gasteiger partial charge in [-0.2, -0.15) is 0 Å². The highest BCUT2D eigenvalue weighted by Crippen LogP contribution is 2.34. The molecule has 4 amide bonds. The van der Waals surface area contributed by atoms with E-state index in [1.807, 2.05) is 24.3 Å². The molecule has 3 N–H and O–H groups in total. The number of rotatable bonds is 4. The van der Waals surface area contributed by atoms with Gasteiger partial charge in [0.2, 0.25) is 11.8 Å². The zero-order chi connectivity index (χ0) is 28.8. The number of urea groups is 1. The fourth-order valence-electron chi connectivity index (χ4n) is 6.26. The predicted octanol–water partition coefficient (Wildman–Crippen LogP) is 4.36. The number of hydrogen-bond donors (Lipinski definition) is 3. The SMILES string of the molecule is O=C(O)[C@H]1CCN(C(=O)[C@H]2CCCN2C(=O)[C@H]2Cc3c([nH]c4ccccc34)CN2C(=O)Nc2ccc(Cl)c(Cl)c2)C1. The zero-order valence-corrected chi connectivity index (χ0v) is 23.6. The number of benzene rings is 2. The maximum absolute atomic E-state index is 14.2. The van der Waals surface area contributed by atoms with Crippen LogP contribution in [0, 0.1) is 5.92 Å². The Morgan fingerprint density at radius 3 is 2.49 bits per heavy atom. The lowest BCUT2D eigenvalue weighted by Crippen LogP contribution is -2.57. The Labute approximate surface area is 246 Å². The number of amides is 4. The van der Waals surface area contributed by atoms with Crippen molar-refractivity contribution < 1.29 is 24.3 Å². The molecular formula is C29H29Cl2N5O5. The second-order valence-corrected chi connectivity index (χ2v) is 11.6. The first-order chi connectivity index (χ1) is 19.7. The topological polar surface area (TPSA) is 126 Å². The van der Waals surface area contributed by atoms with Gasteiger partial charge >= 0.3 is 12.0 Å². The molecule has 0 bridgehead atoms. The molecule has 10 nitrogen and oxygen atoms in total. The Morgan fingerprint density at radius 2 is 1.73 bits per heavy atom. The van der Waals surface area contributed by atoms with Crippen molar-refractivity contribution in [3.05, 3.63) is 63.8 Å². The number of para-hydroxylation sites is 1. The highest BCUT2D eigenvalue weighted by atomic mass is 35.5. The Balaban J connectivity index is 1.29. The van der Waals surface area contributed by atoms with Crippen molar-refractivity contribution in [3.63, 3.8) is 0 Å². The summed E-state index contributed by atoms with van der Waals surface area (Å²) in [6.07, 6.45) is 1.84. The van der Waals surface area contributed by atoms with Crippen LogP contribution in [-0.4, -0.2) is 80.3 Å². The van der Waals surface area contributed by atoms with Crippen LogP contribution in [-0.2, 0) is 27.3 Å². The lowest BCUT2D eigenvalue weighted by atomic mass is 9.95. The van der Waals surface area contributed by atoms with Gasteiger partial charge in [-0.1, -0.05) is 41.4 Å². The van der Waals surface area contributed by atoms with Crippen LogP contribution in [0.5, 0.6) is 0 Å². The summed E-state index contributed by atoms with van der Waals surface area (Å²) in [4.78, 5) is 60.9. The second-order valence-electron chi connectivity index (χ2n) is 10.8. The smallest absolute Gasteiger partial charge is 0.322 e. The first kappa shape index (κ1) is 27.4. The van der Waals surface area contributed by atoms with Crippen LogP contribution in [0.2, 0.25) is 10.0 Å². The van der Waals surface area contributed by atoms with Crippen molar-refractivity contribution in [2.24, 2.45) is 5.92 Å². The molecule has 6 rings (SSSR count). The van der Waals surface area contributed by atoms with Gasteiger partial charge in [-0.25, -0.2) is 4.79 Å². The average molecular weight is 598 g/mol. The van der Waals surface area contributed by atoms with E-state index >= 15 is 0 Å². The van der Waals surface area contributed by atoms with E-state index in [1.165, 1.54) is 4.90 Å². The number of aliphatic carboxylic acids is 1. The molecule has 0 radical (unpaired) electrons. The monoisotopic (exact) mass is 597 g/mol. The average Bonchev–Trinajstić information content (AvgIpc) is 3.72. The second kappa shape index (κ2) is 10.9. The molecule has 0 unspecified atom stereocenters. The number of aromatic amines is 1. The van der Waals surface area contributed by atoms with E-state index in [4.69, 9.17) is 23.2 Å². The van der Waals surface area contributed by atoms with Crippen molar-refractivity contribution in [1.29, 1.82) is 0 Å². The molecule has 3 aliphatic heterocycles. The van der Waals surface area contributed by atoms with Gasteiger partial charge in [0.1, 0.15) is 12.1 Å². The van der Waals surface area contributed by atoms with Gasteiger partial charge < -0.3 is 30.1 Å². The third kappa shape index (κ3) is 5.10. The first-order valence-corrected chi connectivity index (χ1v) is 14.4. The number of likely N-dealkylation sites (tertiary alicyclic amines) is 2. The van der Waals surface area contributed by atoms with Crippen molar-refractivity contribution in [1.82, 2.24) is 19.7 Å². The lowest BCUT2D eigenvalue weighted by Gasteiger charge is -2.38. The van der Waals surface area contributed by atoms with Crippen LogP contribution in [0.25, 0.3) is 10.9 Å². The third-order valence-corrected chi connectivity index (χ3v) is 9.13. The number of H-pyrrole nitrogens is 1. The molecule has 12 heteroatoms. The Bertz CT molecular complexity index is 1560. The molecule has 41 heavy (non-hydrogen) atoms. The molecule has 3 aromatic rings. The normalized spacial score (nSPS) is 22.2. The number of aromatic nitrogens is 1. The van der Waals surface area contributed by atoms with E-state index in [2.05, 4.69) is 10.3 Å². The fraction of sp³-hybridized carbons (Fsp3) is 0.379. The minimum Gasteiger partial charge on any atom is -0.481 e. The van der Waals surface area contributed by atoms with Gasteiger partial charge in [-0.15, -0.1) is 0 Å². The standard InChI is InChI=1S/C29H29Cl2N5O5/c30-20-8-7-17(12-21(20)31)32-29(41)36-15-23-19(18-4-1-2-5-22(18)33-23)13-25(36)27(38)35-10-3-6-24(35)26(37)34-11-9-16(14-34)28(39)40/h1-2,4-5,7-8,12,16,24-25,33H,3,6,9-11,13-15H2,(H,32,41)(H,39,40)/t16-,24+,25+/m0/s1. The van der Waals surface area contributed by atoms with Gasteiger partial charge in [-0.05, 0) is 49.1 Å². The number of nitrogens with one attached hydrogen (secondary N) is 2. The van der Waals surface area contributed by atoms with Gasteiger partial charge in [0, 0.05) is 48.3 Å². The summed E-state index contributed by atoms with van der Waals surface area (Å²) in [5, 5.41) is 13.9. The number of anilines is 1. The molecule has 0 aliphatic carbocycles. The molecule has 4 heterocycles. The van der Waals surface area contributed by atoms with E-state index in [0.717, 1.165) is 22.2 Å². The van der Waals surface area contributed by atoms with Crippen molar-refractivity contribution in [2.45, 2.75) is 44.3 Å². The minimum atomic E-state index is -0.917. The largest absolute Gasteiger partial charge is 0.481 e. The highest BCUT2D eigenvalue weighted by Gasteiger charge is 2.45. The Morgan fingerprint density at radius 1 is 0.927 bits per heavy atom. The Hall–Kier alpha value is -3.76. The summed E-state index contributed by atoms with van der Waals surface area (Å²) in [5.74, 6) is -2.03. The summed E-state index contributed by atoms with van der Waals surface area (Å²) in [5.41, 5.74) is 3.19. The molecular weight excluding hydrogens is 569 g/mol. The number of carbonyl (C=O) groups is 4. The van der Waals surface area contributed by atoms with E-state index in [0.29, 0.717) is 48.1 Å². The summed E-state index contributed by atoms with van der Waals surface area (Å²) < 4.78 is 0. The zero-order valence-electron chi connectivity index (χ0n) is 22.1. The molecule has 3 aliphatic rings. The maximum atomic E-state index is 14.2. The van der Waals surface area contributed by atoms with Crippen molar-refractivity contribution in [2.75, 3.05) is 25.0 Å². The number of carbonyl (C=O) groups excluding carboxylic acids is 3. The van der Waals surface area contributed by atoms with E-state index < -0.39 is 30.0 Å². The molecule has 3 atom stereocenters. The van der Waals surface area contributed by atoms with Gasteiger partial charge in [0.25, 0.3) is 0 Å².